The Labute approximate surface area is 149 Å². The van der Waals surface area contributed by atoms with Gasteiger partial charge in [-0.15, -0.1) is 0 Å². The summed E-state index contributed by atoms with van der Waals surface area (Å²) in [5.74, 6) is -1.18. The molecule has 0 saturated heterocycles. The quantitative estimate of drug-likeness (QED) is 0.709. The highest BCUT2D eigenvalue weighted by Gasteiger charge is 2.18. The first-order chi connectivity index (χ1) is 12.4. The summed E-state index contributed by atoms with van der Waals surface area (Å²) >= 11 is 0. The van der Waals surface area contributed by atoms with Gasteiger partial charge in [0.05, 0.1) is 11.8 Å². The van der Waals surface area contributed by atoms with Crippen molar-refractivity contribution in [1.82, 2.24) is 15.4 Å². The molecule has 1 aromatic carbocycles. The van der Waals surface area contributed by atoms with Crippen LogP contribution in [-0.2, 0) is 0 Å². The summed E-state index contributed by atoms with van der Waals surface area (Å²) in [6, 6.07) is 9.36. The largest absolute Gasteiger partial charge is 0.459 e. The number of nitrogens with zero attached hydrogens (tertiary/aromatic N) is 1. The standard InChI is InChI=1S/C19H18FN3O3/c1-11-8-9-26-17(11)19(25)22-21-18(24)16-10-12(2)23(13(16)3)15-6-4-14(20)5-7-15/h4-10H,1-3H3,(H,21,24)(H,22,25). The lowest BCUT2D eigenvalue weighted by atomic mass is 10.2. The fourth-order valence-corrected chi connectivity index (χ4v) is 2.82. The van der Waals surface area contributed by atoms with Crippen LogP contribution in [0.5, 0.6) is 0 Å². The third-order valence-electron chi connectivity index (χ3n) is 4.12. The molecule has 0 fully saturated rings. The Kier molecular flexibility index (Phi) is 4.62. The number of benzene rings is 1. The van der Waals surface area contributed by atoms with Gasteiger partial charge in [0.25, 0.3) is 5.91 Å². The monoisotopic (exact) mass is 355 g/mol. The number of hydrogen-bond acceptors (Lipinski definition) is 3. The summed E-state index contributed by atoms with van der Waals surface area (Å²) in [6.45, 7) is 5.36. The molecule has 2 aromatic heterocycles. The summed E-state index contributed by atoms with van der Waals surface area (Å²) in [6.07, 6.45) is 1.41. The molecule has 2 heterocycles. The predicted octanol–water partition coefficient (Wildman–Crippen LogP) is 3.21. The van der Waals surface area contributed by atoms with Gasteiger partial charge < -0.3 is 8.98 Å². The van der Waals surface area contributed by atoms with Crippen LogP contribution in [0.2, 0.25) is 0 Å². The molecule has 134 valence electrons. The first kappa shape index (κ1) is 17.5. The topological polar surface area (TPSA) is 76.3 Å². The van der Waals surface area contributed by atoms with Gasteiger partial charge in [-0.2, -0.15) is 0 Å². The molecule has 6 nitrogen and oxygen atoms in total. The fourth-order valence-electron chi connectivity index (χ4n) is 2.82. The zero-order chi connectivity index (χ0) is 18.8. The lowest BCUT2D eigenvalue weighted by Crippen LogP contribution is -2.41. The molecule has 26 heavy (non-hydrogen) atoms. The molecule has 3 aromatic rings. The number of rotatable bonds is 3. The number of carbonyl (C=O) groups is 2. The van der Waals surface area contributed by atoms with Gasteiger partial charge in [0.1, 0.15) is 5.82 Å². The van der Waals surface area contributed by atoms with Gasteiger partial charge in [0.2, 0.25) is 0 Å². The van der Waals surface area contributed by atoms with Crippen LogP contribution in [0.25, 0.3) is 5.69 Å². The van der Waals surface area contributed by atoms with E-state index < -0.39 is 11.8 Å². The molecule has 0 radical (unpaired) electrons. The molecule has 0 spiro atoms. The second-order valence-corrected chi connectivity index (χ2v) is 5.94. The lowest BCUT2D eigenvalue weighted by molar-refractivity contribution is 0.0830. The van der Waals surface area contributed by atoms with E-state index in [9.17, 15) is 14.0 Å². The molecular weight excluding hydrogens is 337 g/mol. The molecular formula is C19H18FN3O3. The molecule has 0 atom stereocenters. The maximum absolute atomic E-state index is 13.1. The SMILES string of the molecule is Cc1ccoc1C(=O)NNC(=O)c1cc(C)n(-c2ccc(F)cc2)c1C. The number of amides is 2. The first-order valence-corrected chi connectivity index (χ1v) is 7.98. The Bertz CT molecular complexity index is 971. The summed E-state index contributed by atoms with van der Waals surface area (Å²) in [5, 5.41) is 0. The summed E-state index contributed by atoms with van der Waals surface area (Å²) in [4.78, 5) is 24.5. The number of carbonyl (C=O) groups excluding carboxylic acids is 2. The Morgan fingerprint density at radius 2 is 1.65 bits per heavy atom. The molecule has 7 heteroatoms. The average molecular weight is 355 g/mol. The van der Waals surface area contributed by atoms with Crippen molar-refractivity contribution in [3.05, 3.63) is 76.8 Å². The van der Waals surface area contributed by atoms with Gasteiger partial charge in [0, 0.05) is 22.6 Å². The lowest BCUT2D eigenvalue weighted by Gasteiger charge is -2.10. The molecule has 3 rings (SSSR count). The second kappa shape index (κ2) is 6.87. The molecule has 0 saturated carbocycles. The van der Waals surface area contributed by atoms with Crippen LogP contribution >= 0.6 is 0 Å². The van der Waals surface area contributed by atoms with Gasteiger partial charge >= 0.3 is 5.91 Å². The van der Waals surface area contributed by atoms with Crippen molar-refractivity contribution in [3.63, 3.8) is 0 Å². The van der Waals surface area contributed by atoms with Crippen molar-refractivity contribution in [3.8, 4) is 5.69 Å². The van der Waals surface area contributed by atoms with Crippen molar-refractivity contribution < 1.29 is 18.4 Å². The van der Waals surface area contributed by atoms with E-state index in [1.54, 1.807) is 38.1 Å². The fraction of sp³-hybridized carbons (Fsp3) is 0.158. The number of hydrazine groups is 1. The van der Waals surface area contributed by atoms with E-state index in [4.69, 9.17) is 4.42 Å². The third-order valence-corrected chi connectivity index (χ3v) is 4.12. The van der Waals surface area contributed by atoms with E-state index in [-0.39, 0.29) is 11.6 Å². The van der Waals surface area contributed by atoms with Gasteiger partial charge in [-0.25, -0.2) is 4.39 Å². The van der Waals surface area contributed by atoms with Gasteiger partial charge in [0.15, 0.2) is 5.76 Å². The molecule has 2 amide bonds. The number of furan rings is 1. The van der Waals surface area contributed by atoms with Gasteiger partial charge in [-0.1, -0.05) is 0 Å². The minimum Gasteiger partial charge on any atom is -0.459 e. The molecule has 0 aliphatic heterocycles. The highest BCUT2D eigenvalue weighted by molar-refractivity contribution is 5.99. The summed E-state index contributed by atoms with van der Waals surface area (Å²) < 4.78 is 20.1. The zero-order valence-corrected chi connectivity index (χ0v) is 14.6. The van der Waals surface area contributed by atoms with Crippen LogP contribution in [0.4, 0.5) is 4.39 Å². The van der Waals surface area contributed by atoms with Crippen LogP contribution < -0.4 is 10.9 Å². The minimum atomic E-state index is -0.534. The summed E-state index contributed by atoms with van der Waals surface area (Å²) in [7, 11) is 0. The highest BCUT2D eigenvalue weighted by atomic mass is 19.1. The van der Waals surface area contributed by atoms with Crippen LogP contribution in [0.3, 0.4) is 0 Å². The highest BCUT2D eigenvalue weighted by Crippen LogP contribution is 2.21. The Morgan fingerprint density at radius 3 is 2.27 bits per heavy atom. The smallest absolute Gasteiger partial charge is 0.305 e. The number of aromatic nitrogens is 1. The number of aryl methyl sites for hydroxylation is 2. The number of hydrogen-bond donors (Lipinski definition) is 2. The maximum atomic E-state index is 13.1. The summed E-state index contributed by atoms with van der Waals surface area (Å²) in [5.41, 5.74) is 8.03. The van der Waals surface area contributed by atoms with E-state index >= 15 is 0 Å². The molecule has 0 aliphatic rings. The average Bonchev–Trinajstić information content (AvgIpc) is 3.17. The Morgan fingerprint density at radius 1 is 1.00 bits per heavy atom. The van der Waals surface area contributed by atoms with Crippen LogP contribution in [0, 0.1) is 26.6 Å². The number of halogens is 1. The molecule has 0 aliphatic carbocycles. The van der Waals surface area contributed by atoms with Crippen molar-refractivity contribution in [1.29, 1.82) is 0 Å². The van der Waals surface area contributed by atoms with Gasteiger partial charge in [-0.3, -0.25) is 20.4 Å². The van der Waals surface area contributed by atoms with Crippen molar-refractivity contribution in [2.45, 2.75) is 20.8 Å². The van der Waals surface area contributed by atoms with Crippen LogP contribution in [0.15, 0.2) is 47.1 Å². The predicted molar refractivity (Wildman–Crippen MR) is 93.6 cm³/mol. The van der Waals surface area contributed by atoms with E-state index in [1.165, 1.54) is 18.4 Å². The van der Waals surface area contributed by atoms with Crippen molar-refractivity contribution >= 4 is 11.8 Å². The molecule has 0 unspecified atom stereocenters. The number of nitrogens with one attached hydrogen (secondary N) is 2. The normalized spacial score (nSPS) is 10.6. The Hall–Kier alpha value is -3.35. The third kappa shape index (κ3) is 3.23. The second-order valence-electron chi connectivity index (χ2n) is 5.94. The van der Waals surface area contributed by atoms with Crippen LogP contribution in [-0.4, -0.2) is 16.4 Å². The van der Waals surface area contributed by atoms with E-state index in [0.29, 0.717) is 16.8 Å². The molecule has 0 bridgehead atoms. The van der Waals surface area contributed by atoms with Crippen LogP contribution in [0.1, 0.15) is 37.9 Å². The van der Waals surface area contributed by atoms with E-state index in [2.05, 4.69) is 10.9 Å². The zero-order valence-electron chi connectivity index (χ0n) is 14.6. The van der Waals surface area contributed by atoms with Crippen molar-refractivity contribution in [2.24, 2.45) is 0 Å². The Balaban J connectivity index is 1.78. The van der Waals surface area contributed by atoms with Gasteiger partial charge in [-0.05, 0) is 57.2 Å². The van der Waals surface area contributed by atoms with Crippen molar-refractivity contribution in [2.75, 3.05) is 0 Å². The van der Waals surface area contributed by atoms with E-state index in [1.807, 2.05) is 11.5 Å². The molecule has 2 N–H and O–H groups in total. The maximum Gasteiger partial charge on any atom is 0.305 e. The van der Waals surface area contributed by atoms with E-state index in [0.717, 1.165) is 11.4 Å². The minimum absolute atomic E-state index is 0.141. The first-order valence-electron chi connectivity index (χ1n) is 7.98.